The minimum Gasteiger partial charge on any atom is -1.00 e. The van der Waals surface area contributed by atoms with Gasteiger partial charge in [0, 0.05) is 0 Å². The number of halogens is 2. The molecule has 0 fully saturated rings. The minimum absolute atomic E-state index is 0. The van der Waals surface area contributed by atoms with Crippen LogP contribution in [0.25, 0.3) is 43.8 Å². The van der Waals surface area contributed by atoms with Crippen molar-refractivity contribution in [3.63, 3.8) is 0 Å². The first-order chi connectivity index (χ1) is 19.2. The summed E-state index contributed by atoms with van der Waals surface area (Å²) in [4.78, 5) is 0. The Labute approximate surface area is 267 Å². The minimum atomic E-state index is 0. The molecule has 3 heteroatoms. The summed E-state index contributed by atoms with van der Waals surface area (Å²) in [6.07, 6.45) is 10.0. The van der Waals surface area contributed by atoms with Crippen molar-refractivity contribution >= 4 is 25.4 Å². The second-order valence-electron chi connectivity index (χ2n) is 9.47. The first kappa shape index (κ1) is 32.1. The van der Waals surface area contributed by atoms with Crippen molar-refractivity contribution in [2.24, 2.45) is 0 Å². The van der Waals surface area contributed by atoms with Gasteiger partial charge in [0.2, 0.25) is 0 Å². The van der Waals surface area contributed by atoms with Gasteiger partial charge in [-0.15, -0.1) is 46.2 Å². The number of benzene rings is 5. The smallest absolute Gasteiger partial charge is 0.0197 e. The summed E-state index contributed by atoms with van der Waals surface area (Å²) in [6, 6.07) is 47.4. The van der Waals surface area contributed by atoms with Gasteiger partial charge in [-0.3, -0.25) is 6.08 Å². The van der Waals surface area contributed by atoms with E-state index in [1.165, 1.54) is 53.2 Å². The van der Waals surface area contributed by atoms with Gasteiger partial charge in [-0.05, 0) is 22.3 Å². The third-order valence-electron chi connectivity index (χ3n) is 6.71. The fourth-order valence-corrected chi connectivity index (χ4v) is 4.91. The van der Waals surface area contributed by atoms with Gasteiger partial charge in [0.1, 0.15) is 0 Å². The van der Waals surface area contributed by atoms with Gasteiger partial charge in [-0.2, -0.15) is 6.08 Å². The molecule has 1 aliphatic carbocycles. The third-order valence-corrected chi connectivity index (χ3v) is 7.17. The van der Waals surface area contributed by atoms with Gasteiger partial charge in [0.15, 0.2) is 0 Å². The Morgan fingerprint density at radius 3 is 1.41 bits per heavy atom. The topological polar surface area (TPSA) is 0 Å². The molecule has 0 radical (unpaired) electrons. The van der Waals surface area contributed by atoms with E-state index in [1.54, 1.807) is 0 Å². The number of rotatable bonds is 3. The van der Waals surface area contributed by atoms with Crippen molar-refractivity contribution < 1.29 is 44.8 Å². The first-order valence-electron chi connectivity index (χ1n) is 13.3. The monoisotopic (exact) mass is 604 g/mol. The van der Waals surface area contributed by atoms with Gasteiger partial charge in [0.05, 0.1) is 0 Å². The van der Waals surface area contributed by atoms with E-state index in [-0.39, 0.29) is 24.8 Å². The second-order valence-corrected chi connectivity index (χ2v) is 10.6. The van der Waals surface area contributed by atoms with E-state index in [4.69, 9.17) is 0 Å². The molecular formula is C38H30Cl2Ti-2. The molecule has 0 saturated carbocycles. The van der Waals surface area contributed by atoms with Crippen LogP contribution in [0.5, 0.6) is 0 Å². The predicted octanol–water partition coefficient (Wildman–Crippen LogP) is 4.13. The largest absolute Gasteiger partial charge is 1.00 e. The molecule has 0 unspecified atom stereocenters. The third kappa shape index (κ3) is 8.55. The molecule has 0 spiro atoms. The second kappa shape index (κ2) is 16.2. The zero-order valence-corrected chi connectivity index (χ0v) is 26.0. The molecule has 0 bridgehead atoms. The van der Waals surface area contributed by atoms with Crippen LogP contribution in [-0.4, -0.2) is 3.81 Å². The van der Waals surface area contributed by atoms with E-state index in [2.05, 4.69) is 166 Å². The van der Waals surface area contributed by atoms with Crippen LogP contribution in [0.2, 0.25) is 0 Å². The standard InChI is InChI=1S/C25H17.C8H8.C5H5.2ClH.Ti/c1-3-7-18(8-4-1)20-11-13-22-15-23-14-12-21(17-25(23)24(22)16-20)19-9-5-2-6-10-19;1-2-8-6-4-3-5-7-8;1-2-4-5-3-1;;;/h1-17H;3-7H,1H3;1-3H,4H2;2*1H;/q-1;;-1;;;+2/p-2. The van der Waals surface area contributed by atoms with Crippen LogP contribution in [-0.2, 0) is 20.0 Å². The van der Waals surface area contributed by atoms with E-state index in [0.29, 0.717) is 0 Å². The van der Waals surface area contributed by atoms with Gasteiger partial charge in [-0.25, -0.2) is 12.2 Å². The molecule has 0 amide bonds. The molecule has 202 valence electrons. The van der Waals surface area contributed by atoms with Crippen LogP contribution in [0.4, 0.5) is 0 Å². The normalized spacial score (nSPS) is 11.0. The average Bonchev–Trinajstić information content (AvgIpc) is 3.70. The van der Waals surface area contributed by atoms with Crippen LogP contribution in [0.1, 0.15) is 18.9 Å². The summed E-state index contributed by atoms with van der Waals surface area (Å²) in [7, 11) is 0. The molecular weight excluding hydrogens is 575 g/mol. The molecule has 0 aliphatic heterocycles. The molecule has 6 aromatic carbocycles. The number of allylic oxidation sites excluding steroid dienone is 4. The van der Waals surface area contributed by atoms with Crippen molar-refractivity contribution in [3.8, 4) is 22.3 Å². The van der Waals surface area contributed by atoms with Crippen LogP contribution in [0.15, 0.2) is 152 Å². The Hall–Kier alpha value is -3.39. The van der Waals surface area contributed by atoms with Crippen molar-refractivity contribution in [1.29, 1.82) is 0 Å². The van der Waals surface area contributed by atoms with Gasteiger partial charge >= 0.3 is 66.6 Å². The zero-order valence-electron chi connectivity index (χ0n) is 22.9. The Morgan fingerprint density at radius 2 is 1.07 bits per heavy atom. The van der Waals surface area contributed by atoms with Crippen LogP contribution in [0, 0.1) is 6.08 Å². The summed E-state index contributed by atoms with van der Waals surface area (Å²) < 4.78 is 1.37. The fourth-order valence-electron chi connectivity index (χ4n) is 4.65. The summed E-state index contributed by atoms with van der Waals surface area (Å²) in [5.41, 5.74) is 6.39. The number of fused-ring (bicyclic) bond motifs is 3. The van der Waals surface area contributed by atoms with E-state index in [1.807, 2.05) is 18.2 Å². The Bertz CT molecular complexity index is 1630. The summed E-state index contributed by atoms with van der Waals surface area (Å²) in [6.45, 7) is 2.12. The summed E-state index contributed by atoms with van der Waals surface area (Å²) >= 11 is 2.12. The van der Waals surface area contributed by atoms with Gasteiger partial charge in [0.25, 0.3) is 0 Å². The van der Waals surface area contributed by atoms with Crippen molar-refractivity contribution in [1.82, 2.24) is 0 Å². The Kier molecular flexibility index (Phi) is 12.7. The molecule has 0 aromatic heterocycles. The van der Waals surface area contributed by atoms with E-state index < -0.39 is 0 Å². The van der Waals surface area contributed by atoms with Crippen molar-refractivity contribution in [3.05, 3.63) is 163 Å². The van der Waals surface area contributed by atoms with Gasteiger partial charge in [-0.1, -0.05) is 84.9 Å². The molecule has 0 nitrogen and oxygen atoms in total. The summed E-state index contributed by atoms with van der Waals surface area (Å²) in [5.74, 6) is 0. The summed E-state index contributed by atoms with van der Waals surface area (Å²) in [5, 5.41) is 5.27. The maximum Gasteiger partial charge on any atom is -0.0197 e. The number of hydrogen-bond donors (Lipinski definition) is 0. The first-order valence-corrected chi connectivity index (χ1v) is 14.0. The van der Waals surface area contributed by atoms with Crippen molar-refractivity contribution in [2.45, 2.75) is 13.3 Å². The van der Waals surface area contributed by atoms with E-state index in [0.717, 1.165) is 6.42 Å². The molecule has 7 rings (SSSR count). The molecule has 0 heterocycles. The predicted molar refractivity (Wildman–Crippen MR) is 166 cm³/mol. The molecule has 0 N–H and O–H groups in total. The molecule has 6 aromatic rings. The van der Waals surface area contributed by atoms with Crippen LogP contribution in [0.3, 0.4) is 0 Å². The maximum absolute atomic E-state index is 2.99. The molecule has 0 atom stereocenters. The number of hydrogen-bond acceptors (Lipinski definition) is 0. The Balaban J connectivity index is 0.000000240. The van der Waals surface area contributed by atoms with E-state index in [9.17, 15) is 0 Å². The van der Waals surface area contributed by atoms with Crippen LogP contribution >= 0.6 is 0 Å². The average molecular weight is 605 g/mol. The Morgan fingerprint density at radius 1 is 0.610 bits per heavy atom. The SMILES string of the molecule is C[C](=[Ti+2])c1ccccc1.[C-]1=CC=CC1.[Cl-].[Cl-].c1ccc(-c2ccc3[cH-]c4ccc(-c5ccccc5)cc4c3c2)cc1. The molecule has 1 aliphatic rings. The fraction of sp³-hybridized carbons (Fsp3) is 0.0526. The maximum atomic E-state index is 2.99. The quantitative estimate of drug-likeness (QED) is 0.210. The van der Waals surface area contributed by atoms with Crippen molar-refractivity contribution in [2.75, 3.05) is 0 Å². The zero-order chi connectivity index (χ0) is 26.9. The molecule has 0 saturated heterocycles. The van der Waals surface area contributed by atoms with Gasteiger partial charge < -0.3 is 24.8 Å². The molecule has 41 heavy (non-hydrogen) atoms. The van der Waals surface area contributed by atoms with E-state index >= 15 is 0 Å². The van der Waals surface area contributed by atoms with Crippen LogP contribution < -0.4 is 24.8 Å².